The maximum absolute atomic E-state index is 11.8. The van der Waals surface area contributed by atoms with Gasteiger partial charge in [0.2, 0.25) is 5.43 Å². The van der Waals surface area contributed by atoms with E-state index in [4.69, 9.17) is 19.4 Å². The highest BCUT2D eigenvalue weighted by molar-refractivity contribution is 5.92. The van der Waals surface area contributed by atoms with E-state index in [1.807, 2.05) is 0 Å². The molecule has 2 rings (SSSR count). The summed E-state index contributed by atoms with van der Waals surface area (Å²) in [5.74, 6) is -1.62. The van der Waals surface area contributed by atoms with Crippen LogP contribution >= 0.6 is 0 Å². The van der Waals surface area contributed by atoms with Gasteiger partial charge >= 0.3 is 5.97 Å². The first kappa shape index (κ1) is 14.6. The Morgan fingerprint density at radius 1 is 1.19 bits per heavy atom. The predicted octanol–water partition coefficient (Wildman–Crippen LogP) is 0.900. The molecule has 1 aromatic heterocycles. The van der Waals surface area contributed by atoms with Gasteiger partial charge in [0, 0.05) is 6.07 Å². The van der Waals surface area contributed by atoms with Crippen molar-refractivity contribution >= 4 is 5.97 Å². The average Bonchev–Trinajstić information content (AvgIpc) is 2.48. The zero-order valence-electron chi connectivity index (χ0n) is 10.8. The van der Waals surface area contributed by atoms with E-state index in [9.17, 15) is 14.7 Å². The van der Waals surface area contributed by atoms with Crippen LogP contribution in [0.5, 0.6) is 11.5 Å². The van der Waals surface area contributed by atoms with E-state index < -0.39 is 17.1 Å². The minimum atomic E-state index is -0.812. The number of carbonyl (C=O) groups is 1. The summed E-state index contributed by atoms with van der Waals surface area (Å²) in [6, 6.07) is 5.03. The number of carbonyl (C=O) groups excluding carboxylic acids is 1. The van der Waals surface area contributed by atoms with Crippen molar-refractivity contribution in [1.82, 2.24) is 0 Å². The van der Waals surface area contributed by atoms with Gasteiger partial charge in [-0.25, -0.2) is 4.79 Å². The van der Waals surface area contributed by atoms with Crippen LogP contribution in [-0.2, 0) is 18.0 Å². The maximum atomic E-state index is 11.8. The average molecular weight is 292 g/mol. The second kappa shape index (κ2) is 6.10. The number of phenolic OH excluding ortho intramolecular Hbond substituents is 1. The molecule has 0 aliphatic carbocycles. The molecule has 0 radical (unpaired) electrons. The SMILES string of the molecule is O=C(OCc1cc(=O)c(O)co1)c1ccc(CO)cc1O. The lowest BCUT2D eigenvalue weighted by molar-refractivity contribution is 0.0439. The fourth-order valence-electron chi connectivity index (χ4n) is 1.58. The molecule has 3 N–H and O–H groups in total. The Kier molecular flexibility index (Phi) is 4.24. The third kappa shape index (κ3) is 3.40. The number of benzene rings is 1. The van der Waals surface area contributed by atoms with Gasteiger partial charge in [-0.05, 0) is 17.7 Å². The third-order valence-corrected chi connectivity index (χ3v) is 2.68. The Bertz CT molecular complexity index is 718. The summed E-state index contributed by atoms with van der Waals surface area (Å²) in [7, 11) is 0. The Labute approximate surface area is 118 Å². The number of hydrogen-bond acceptors (Lipinski definition) is 7. The molecular formula is C14H12O7. The largest absolute Gasteiger partial charge is 0.507 e. The molecule has 21 heavy (non-hydrogen) atoms. The lowest BCUT2D eigenvalue weighted by Gasteiger charge is -2.07. The molecule has 0 unspecified atom stereocenters. The van der Waals surface area contributed by atoms with Gasteiger partial charge in [0.1, 0.15) is 29.9 Å². The summed E-state index contributed by atoms with van der Waals surface area (Å²) < 4.78 is 9.76. The van der Waals surface area contributed by atoms with Crippen LogP contribution in [0.4, 0.5) is 0 Å². The monoisotopic (exact) mass is 292 g/mol. The Hall–Kier alpha value is -2.80. The third-order valence-electron chi connectivity index (χ3n) is 2.68. The van der Waals surface area contributed by atoms with E-state index in [0.717, 1.165) is 12.3 Å². The minimum absolute atomic E-state index is 0.0534. The molecule has 1 heterocycles. The zero-order valence-corrected chi connectivity index (χ0v) is 10.8. The van der Waals surface area contributed by atoms with Crippen LogP contribution in [0, 0.1) is 0 Å². The topological polar surface area (TPSA) is 117 Å². The van der Waals surface area contributed by atoms with Crippen LogP contribution in [0.15, 0.2) is 39.7 Å². The highest BCUT2D eigenvalue weighted by Crippen LogP contribution is 2.20. The second-order valence-corrected chi connectivity index (χ2v) is 4.18. The Morgan fingerprint density at radius 3 is 2.57 bits per heavy atom. The van der Waals surface area contributed by atoms with Gasteiger partial charge in [0.15, 0.2) is 5.75 Å². The van der Waals surface area contributed by atoms with Gasteiger partial charge < -0.3 is 24.5 Å². The van der Waals surface area contributed by atoms with Crippen LogP contribution in [0.25, 0.3) is 0 Å². The Balaban J connectivity index is 2.08. The minimum Gasteiger partial charge on any atom is -0.507 e. The van der Waals surface area contributed by atoms with E-state index >= 15 is 0 Å². The predicted molar refractivity (Wildman–Crippen MR) is 69.8 cm³/mol. The van der Waals surface area contributed by atoms with Gasteiger partial charge in [-0.3, -0.25) is 4.79 Å². The molecule has 0 saturated heterocycles. The van der Waals surface area contributed by atoms with Crippen molar-refractivity contribution < 1.29 is 29.3 Å². The number of aliphatic hydroxyl groups excluding tert-OH is 1. The fourth-order valence-corrected chi connectivity index (χ4v) is 1.58. The van der Waals surface area contributed by atoms with E-state index in [1.54, 1.807) is 0 Å². The molecular weight excluding hydrogens is 280 g/mol. The first-order valence-electron chi connectivity index (χ1n) is 5.92. The fraction of sp³-hybridized carbons (Fsp3) is 0.143. The lowest BCUT2D eigenvalue weighted by Crippen LogP contribution is -2.08. The molecule has 0 atom stereocenters. The number of hydrogen-bond donors (Lipinski definition) is 3. The van der Waals surface area contributed by atoms with Crippen LogP contribution in [0.3, 0.4) is 0 Å². The lowest BCUT2D eigenvalue weighted by atomic mass is 10.1. The van der Waals surface area contributed by atoms with E-state index in [1.165, 1.54) is 18.2 Å². The summed E-state index contributed by atoms with van der Waals surface area (Å²) in [6.07, 6.45) is 0.846. The molecule has 0 aliphatic rings. The van der Waals surface area contributed by atoms with E-state index in [0.29, 0.717) is 5.56 Å². The molecule has 0 saturated carbocycles. The number of aliphatic hydroxyl groups is 1. The molecule has 7 nitrogen and oxygen atoms in total. The summed E-state index contributed by atoms with van der Waals surface area (Å²) in [5, 5.41) is 27.6. The molecule has 0 aliphatic heterocycles. The smallest absolute Gasteiger partial charge is 0.342 e. The second-order valence-electron chi connectivity index (χ2n) is 4.18. The van der Waals surface area contributed by atoms with Crippen molar-refractivity contribution in [2.45, 2.75) is 13.2 Å². The van der Waals surface area contributed by atoms with Crippen LogP contribution < -0.4 is 5.43 Å². The highest BCUT2D eigenvalue weighted by atomic mass is 16.5. The van der Waals surface area contributed by atoms with Crippen molar-refractivity contribution in [3.05, 3.63) is 57.6 Å². The first-order valence-corrected chi connectivity index (χ1v) is 5.92. The molecule has 0 bridgehead atoms. The summed E-state index contributed by atoms with van der Waals surface area (Å²) in [5.41, 5.74) is -0.274. The van der Waals surface area contributed by atoms with Gasteiger partial charge in [0.05, 0.1) is 6.61 Å². The number of aromatic hydroxyl groups is 2. The van der Waals surface area contributed by atoms with Crippen molar-refractivity contribution in [1.29, 1.82) is 0 Å². The van der Waals surface area contributed by atoms with Crippen LogP contribution in [0.2, 0.25) is 0 Å². The van der Waals surface area contributed by atoms with Crippen molar-refractivity contribution in [3.63, 3.8) is 0 Å². The molecule has 110 valence electrons. The van der Waals surface area contributed by atoms with Crippen LogP contribution in [-0.4, -0.2) is 21.3 Å². The summed E-state index contributed by atoms with van der Waals surface area (Å²) >= 11 is 0. The Morgan fingerprint density at radius 2 is 1.95 bits per heavy atom. The van der Waals surface area contributed by atoms with Crippen molar-refractivity contribution in [3.8, 4) is 11.5 Å². The standard InChI is InChI=1S/C14H12O7/c15-5-8-1-2-10(11(16)3-8)14(19)21-6-9-4-12(17)13(18)7-20-9/h1-4,7,15-16,18H,5-6H2. The summed E-state index contributed by atoms with van der Waals surface area (Å²) in [6.45, 7) is -0.586. The van der Waals surface area contributed by atoms with Gasteiger partial charge in [0.25, 0.3) is 0 Å². The molecule has 0 fully saturated rings. The number of ether oxygens (including phenoxy) is 1. The van der Waals surface area contributed by atoms with Crippen molar-refractivity contribution in [2.24, 2.45) is 0 Å². The molecule has 7 heteroatoms. The zero-order chi connectivity index (χ0) is 15.4. The van der Waals surface area contributed by atoms with Gasteiger partial charge in [-0.2, -0.15) is 0 Å². The number of phenols is 1. The van der Waals surface area contributed by atoms with Gasteiger partial charge in [-0.15, -0.1) is 0 Å². The van der Waals surface area contributed by atoms with E-state index in [-0.39, 0.29) is 30.3 Å². The first-order chi connectivity index (χ1) is 10.0. The molecule has 2 aromatic rings. The highest BCUT2D eigenvalue weighted by Gasteiger charge is 2.14. The number of rotatable bonds is 4. The van der Waals surface area contributed by atoms with E-state index in [2.05, 4.69) is 0 Å². The van der Waals surface area contributed by atoms with Crippen LogP contribution in [0.1, 0.15) is 21.7 Å². The summed E-state index contributed by atoms with van der Waals surface area (Å²) in [4.78, 5) is 22.9. The normalized spacial score (nSPS) is 10.3. The molecule has 0 spiro atoms. The molecule has 0 amide bonds. The number of esters is 1. The van der Waals surface area contributed by atoms with Crippen molar-refractivity contribution in [2.75, 3.05) is 0 Å². The quantitative estimate of drug-likeness (QED) is 0.716. The van der Waals surface area contributed by atoms with Gasteiger partial charge in [-0.1, -0.05) is 6.07 Å². The molecule has 1 aromatic carbocycles. The maximum Gasteiger partial charge on any atom is 0.342 e.